The molecule has 4 heterocycles. The molecule has 0 radical (unpaired) electrons. The van der Waals surface area contributed by atoms with E-state index in [-0.39, 0.29) is 22.3 Å². The Labute approximate surface area is 228 Å². The second-order valence-electron chi connectivity index (χ2n) is 8.05. The molecule has 0 spiro atoms. The number of nitrogens with zero attached hydrogens (tertiary/aromatic N) is 4. The zero-order valence-corrected chi connectivity index (χ0v) is 20.9. The summed E-state index contributed by atoms with van der Waals surface area (Å²) in [6.07, 6.45) is 8.29. The molecule has 0 aliphatic heterocycles. The Balaban J connectivity index is 1.58. The minimum Gasteiger partial charge on any atom is -0.458 e. The van der Waals surface area contributed by atoms with Gasteiger partial charge in [0.2, 0.25) is 0 Å². The van der Waals surface area contributed by atoms with Crippen molar-refractivity contribution in [3.63, 3.8) is 0 Å². The Bertz CT molecular complexity index is 1310. The number of esters is 4. The molecule has 2 atom stereocenters. The van der Waals surface area contributed by atoms with Gasteiger partial charge >= 0.3 is 23.9 Å². The van der Waals surface area contributed by atoms with Gasteiger partial charge < -0.3 is 18.9 Å². The van der Waals surface area contributed by atoms with E-state index in [1.165, 1.54) is 86.0 Å². The Hall–Kier alpha value is -5.52. The van der Waals surface area contributed by atoms with E-state index in [1.807, 2.05) is 0 Å². The smallest absolute Gasteiger partial charge is 0.340 e. The topological polar surface area (TPSA) is 157 Å². The van der Waals surface area contributed by atoms with Crippen LogP contribution < -0.4 is 0 Å². The first-order chi connectivity index (χ1) is 19.5. The number of hydrogen-bond acceptors (Lipinski definition) is 12. The Kier molecular flexibility index (Phi) is 9.53. The van der Waals surface area contributed by atoms with Crippen molar-refractivity contribution >= 4 is 23.9 Å². The van der Waals surface area contributed by atoms with E-state index < -0.39 is 49.3 Å². The van der Waals surface area contributed by atoms with Crippen LogP contribution in [0, 0.1) is 0 Å². The minimum absolute atomic E-state index is 0.0933. The number of ether oxygens (including phenoxy) is 4. The highest BCUT2D eigenvalue weighted by Gasteiger charge is 2.33. The van der Waals surface area contributed by atoms with Crippen LogP contribution in [-0.4, -0.2) is 69.2 Å². The normalized spacial score (nSPS) is 11.9. The fraction of sp³-hybridized carbons (Fsp3) is 0.143. The molecule has 4 aromatic rings. The average molecular weight is 543 g/mol. The van der Waals surface area contributed by atoms with Crippen molar-refractivity contribution in [2.45, 2.75) is 12.2 Å². The molecule has 0 aliphatic rings. The van der Waals surface area contributed by atoms with Crippen LogP contribution in [0.4, 0.5) is 0 Å². The highest BCUT2D eigenvalue weighted by atomic mass is 16.6. The second-order valence-corrected chi connectivity index (χ2v) is 8.05. The maximum atomic E-state index is 12.9. The fourth-order valence-corrected chi connectivity index (χ4v) is 3.26. The van der Waals surface area contributed by atoms with Gasteiger partial charge in [0.25, 0.3) is 0 Å². The molecule has 12 nitrogen and oxygen atoms in total. The summed E-state index contributed by atoms with van der Waals surface area (Å²) in [6.45, 7) is -1.09. The summed E-state index contributed by atoms with van der Waals surface area (Å²) in [5.41, 5.74) is 0.477. The van der Waals surface area contributed by atoms with Gasteiger partial charge in [-0.2, -0.15) is 0 Å². The lowest BCUT2D eigenvalue weighted by Gasteiger charge is -2.26. The molecule has 0 fully saturated rings. The molecule has 0 unspecified atom stereocenters. The van der Waals surface area contributed by atoms with Gasteiger partial charge in [0, 0.05) is 49.6 Å². The molecule has 0 N–H and O–H groups in total. The minimum atomic E-state index is -1.39. The molecule has 40 heavy (non-hydrogen) atoms. The van der Waals surface area contributed by atoms with E-state index in [9.17, 15) is 19.2 Å². The van der Waals surface area contributed by atoms with Crippen molar-refractivity contribution < 1.29 is 38.1 Å². The van der Waals surface area contributed by atoms with Crippen molar-refractivity contribution in [2.75, 3.05) is 13.2 Å². The van der Waals surface area contributed by atoms with Gasteiger partial charge in [-0.05, 0) is 48.5 Å². The molecular formula is C28H22N4O8. The van der Waals surface area contributed by atoms with Gasteiger partial charge in [0.1, 0.15) is 13.2 Å². The van der Waals surface area contributed by atoms with Gasteiger partial charge in [0.15, 0.2) is 12.2 Å². The predicted molar refractivity (Wildman–Crippen MR) is 136 cm³/mol. The second kappa shape index (κ2) is 13.9. The molecular weight excluding hydrogens is 520 g/mol. The van der Waals surface area contributed by atoms with Gasteiger partial charge in [-0.3, -0.25) is 19.9 Å². The first-order valence-corrected chi connectivity index (χ1v) is 11.9. The highest BCUT2D eigenvalue weighted by Crippen LogP contribution is 2.15. The molecule has 0 bridgehead atoms. The molecule has 4 aromatic heterocycles. The number of hydrogen-bond donors (Lipinski definition) is 0. The predicted octanol–water partition coefficient (Wildman–Crippen LogP) is 2.73. The lowest BCUT2D eigenvalue weighted by molar-refractivity contribution is -0.0753. The van der Waals surface area contributed by atoms with E-state index in [0.29, 0.717) is 0 Å². The van der Waals surface area contributed by atoms with Crippen LogP contribution in [0.2, 0.25) is 0 Å². The Morgan fingerprint density at radius 3 is 1.07 bits per heavy atom. The zero-order chi connectivity index (χ0) is 28.2. The van der Waals surface area contributed by atoms with E-state index in [0.717, 1.165) is 0 Å². The summed E-state index contributed by atoms with van der Waals surface area (Å²) < 4.78 is 21.9. The van der Waals surface area contributed by atoms with Crippen molar-refractivity contribution in [3.05, 3.63) is 120 Å². The molecule has 12 heteroatoms. The summed E-state index contributed by atoms with van der Waals surface area (Å²) >= 11 is 0. The lowest BCUT2D eigenvalue weighted by atomic mass is 10.2. The van der Waals surface area contributed by atoms with Crippen LogP contribution in [0.15, 0.2) is 98.1 Å². The van der Waals surface area contributed by atoms with Crippen molar-refractivity contribution in [1.82, 2.24) is 19.9 Å². The molecule has 0 saturated carbocycles. The largest absolute Gasteiger partial charge is 0.458 e. The summed E-state index contributed by atoms with van der Waals surface area (Å²) in [7, 11) is 0. The lowest BCUT2D eigenvalue weighted by Crippen LogP contribution is -2.42. The number of rotatable bonds is 11. The van der Waals surface area contributed by atoms with Crippen LogP contribution in [0.5, 0.6) is 0 Å². The van der Waals surface area contributed by atoms with Crippen LogP contribution in [0.3, 0.4) is 0 Å². The van der Waals surface area contributed by atoms with Gasteiger partial charge in [-0.15, -0.1) is 0 Å². The molecule has 0 amide bonds. The summed E-state index contributed by atoms with van der Waals surface area (Å²) in [5, 5.41) is 0. The van der Waals surface area contributed by atoms with E-state index in [1.54, 1.807) is 12.1 Å². The van der Waals surface area contributed by atoms with Crippen LogP contribution >= 0.6 is 0 Å². The quantitative estimate of drug-likeness (QED) is 0.202. The van der Waals surface area contributed by atoms with Gasteiger partial charge in [-0.25, -0.2) is 19.2 Å². The molecule has 0 aromatic carbocycles. The third kappa shape index (κ3) is 7.74. The van der Waals surface area contributed by atoms with Gasteiger partial charge in [0.05, 0.1) is 22.3 Å². The van der Waals surface area contributed by atoms with Crippen molar-refractivity contribution in [1.29, 1.82) is 0 Å². The molecule has 202 valence electrons. The number of pyridine rings is 4. The molecule has 0 saturated heterocycles. The monoisotopic (exact) mass is 542 g/mol. The zero-order valence-electron chi connectivity index (χ0n) is 20.9. The maximum absolute atomic E-state index is 12.9. The van der Waals surface area contributed by atoms with Gasteiger partial charge in [-0.1, -0.05) is 0 Å². The van der Waals surface area contributed by atoms with Crippen LogP contribution in [-0.2, 0) is 18.9 Å². The fourth-order valence-electron chi connectivity index (χ4n) is 3.26. The average Bonchev–Trinajstić information content (AvgIpc) is 3.02. The van der Waals surface area contributed by atoms with Crippen molar-refractivity contribution in [3.8, 4) is 0 Å². The van der Waals surface area contributed by atoms with Crippen LogP contribution in [0.1, 0.15) is 41.4 Å². The Morgan fingerprint density at radius 1 is 0.500 bits per heavy atom. The maximum Gasteiger partial charge on any atom is 0.340 e. The van der Waals surface area contributed by atoms with Crippen LogP contribution in [0.25, 0.3) is 0 Å². The number of carbonyl (C=O) groups excluding carboxylic acids is 4. The molecule has 0 aliphatic carbocycles. The SMILES string of the molecule is O=C(OC[C@H](OC(=O)c1cccnc1)[C@@H](COC(=O)c1cccnc1)OC(=O)c1cccnc1)c1cccnc1. The highest BCUT2D eigenvalue weighted by molar-refractivity contribution is 5.91. The number of aromatic nitrogens is 4. The summed E-state index contributed by atoms with van der Waals surface area (Å²) in [6, 6.07) is 12.1. The van der Waals surface area contributed by atoms with E-state index >= 15 is 0 Å². The van der Waals surface area contributed by atoms with E-state index in [2.05, 4.69) is 19.9 Å². The van der Waals surface area contributed by atoms with E-state index in [4.69, 9.17) is 18.9 Å². The van der Waals surface area contributed by atoms with Crippen molar-refractivity contribution in [2.24, 2.45) is 0 Å². The standard InChI is InChI=1S/C28H22N4O8/c33-25(19-5-1-9-29-13-19)37-17-23(39-27(35)21-7-3-11-31-15-21)24(40-28(36)22-8-4-12-32-16-22)18-38-26(34)20-6-2-10-30-14-20/h1-16,23-24H,17-18H2/t23-,24+. The number of carbonyl (C=O) groups is 4. The summed E-state index contributed by atoms with van der Waals surface area (Å²) in [5.74, 6) is -3.20. The third-order valence-electron chi connectivity index (χ3n) is 5.28. The third-order valence-corrected chi connectivity index (χ3v) is 5.28. The first kappa shape index (κ1) is 27.5. The summed E-state index contributed by atoms with van der Waals surface area (Å²) in [4.78, 5) is 66.6. The Morgan fingerprint density at radius 2 is 0.800 bits per heavy atom. The molecule has 4 rings (SSSR count). The first-order valence-electron chi connectivity index (χ1n) is 11.9.